The van der Waals surface area contributed by atoms with Crippen molar-refractivity contribution >= 4 is 22.7 Å². The molecule has 0 spiro atoms. The number of hydrogen-bond acceptors (Lipinski definition) is 3. The van der Waals surface area contributed by atoms with Crippen LogP contribution >= 0.6 is 11.8 Å². The highest BCUT2D eigenvalue weighted by molar-refractivity contribution is 8.14. The molecular weight excluding hydrogens is 347 g/mol. The molecule has 1 aromatic carbocycles. The molecule has 0 radical (unpaired) electrons. The van der Waals surface area contributed by atoms with E-state index in [4.69, 9.17) is 0 Å². The number of aliphatic imine (C=N–C) groups is 1. The fourth-order valence-electron chi connectivity index (χ4n) is 1.68. The molecule has 17 heavy (non-hydrogen) atoms. The summed E-state index contributed by atoms with van der Waals surface area (Å²) in [5, 5.41) is 0.976. The lowest BCUT2D eigenvalue weighted by Crippen LogP contribution is -3.00. The van der Waals surface area contributed by atoms with Crippen LogP contribution < -0.4 is 24.0 Å². The highest BCUT2D eigenvalue weighted by atomic mass is 127. The Balaban J connectivity index is 0.00000144. The zero-order valence-electron chi connectivity index (χ0n) is 9.60. The maximum atomic E-state index is 12.0. The van der Waals surface area contributed by atoms with E-state index in [0.717, 1.165) is 23.0 Å². The van der Waals surface area contributed by atoms with Gasteiger partial charge in [0, 0.05) is 24.9 Å². The maximum Gasteiger partial charge on any atom is 0.182 e. The first-order chi connectivity index (χ1) is 7.81. The molecule has 0 unspecified atom stereocenters. The molecular formula is C12H14IN2OS-. The van der Waals surface area contributed by atoms with Gasteiger partial charge in [-0.15, -0.1) is 0 Å². The van der Waals surface area contributed by atoms with Crippen molar-refractivity contribution in [2.24, 2.45) is 4.99 Å². The number of hydrogen-bond donors (Lipinski definition) is 0. The molecule has 3 nitrogen and oxygen atoms in total. The van der Waals surface area contributed by atoms with Crippen molar-refractivity contribution in [3.63, 3.8) is 0 Å². The summed E-state index contributed by atoms with van der Waals surface area (Å²) in [6, 6.07) is 9.41. The number of rotatable bonds is 3. The third-order valence-electron chi connectivity index (χ3n) is 2.48. The van der Waals surface area contributed by atoms with Gasteiger partial charge in [-0.3, -0.25) is 9.79 Å². The number of benzene rings is 1. The van der Waals surface area contributed by atoms with E-state index in [1.54, 1.807) is 18.8 Å². The summed E-state index contributed by atoms with van der Waals surface area (Å²) in [5.41, 5.74) is 0.773. The summed E-state index contributed by atoms with van der Waals surface area (Å²) >= 11 is 1.71. The van der Waals surface area contributed by atoms with Crippen LogP contribution in [0.15, 0.2) is 35.3 Å². The Labute approximate surface area is 123 Å². The molecule has 2 rings (SSSR count). The zero-order valence-corrected chi connectivity index (χ0v) is 12.6. The monoisotopic (exact) mass is 361 g/mol. The van der Waals surface area contributed by atoms with Crippen LogP contribution in [0.5, 0.6) is 0 Å². The van der Waals surface area contributed by atoms with Gasteiger partial charge in [0.2, 0.25) is 0 Å². The minimum atomic E-state index is 0. The molecule has 0 atom stereocenters. The number of carbonyl (C=O) groups excluding carboxylic acids is 1. The molecule has 0 N–H and O–H groups in total. The summed E-state index contributed by atoms with van der Waals surface area (Å²) in [6.45, 7) is 1.35. The highest BCUT2D eigenvalue weighted by Crippen LogP contribution is 2.17. The lowest BCUT2D eigenvalue weighted by atomic mass is 10.1. The van der Waals surface area contributed by atoms with Gasteiger partial charge in [0.1, 0.15) is 0 Å². The number of thioether (sulfide) groups is 1. The smallest absolute Gasteiger partial charge is 0.182 e. The van der Waals surface area contributed by atoms with Crippen LogP contribution in [0.25, 0.3) is 0 Å². The lowest BCUT2D eigenvalue weighted by molar-refractivity contribution is -0.0000110. The van der Waals surface area contributed by atoms with E-state index in [9.17, 15) is 4.79 Å². The van der Waals surface area contributed by atoms with Crippen molar-refractivity contribution in [3.8, 4) is 0 Å². The number of carbonyl (C=O) groups is 1. The van der Waals surface area contributed by atoms with E-state index in [1.807, 2.05) is 35.2 Å². The van der Waals surface area contributed by atoms with Crippen LogP contribution in [-0.4, -0.2) is 41.7 Å². The first-order valence-electron chi connectivity index (χ1n) is 5.24. The number of Topliss-reactive ketones (excluding diaryl/α,β-unsaturated/α-hetero) is 1. The molecule has 1 saturated heterocycles. The first kappa shape index (κ1) is 14.5. The van der Waals surface area contributed by atoms with E-state index in [1.165, 1.54) is 0 Å². The highest BCUT2D eigenvalue weighted by Gasteiger charge is 2.21. The molecule has 0 aliphatic carbocycles. The molecule has 1 aliphatic rings. The molecule has 0 amide bonds. The van der Waals surface area contributed by atoms with Gasteiger partial charge in [-0.05, 0) is 0 Å². The second-order valence-corrected chi connectivity index (χ2v) is 4.63. The molecule has 1 heterocycles. The van der Waals surface area contributed by atoms with Gasteiger partial charge in [0.15, 0.2) is 11.0 Å². The van der Waals surface area contributed by atoms with Gasteiger partial charge in [0.05, 0.1) is 6.54 Å². The molecule has 1 aromatic rings. The summed E-state index contributed by atoms with van der Waals surface area (Å²) in [4.78, 5) is 18.2. The molecule has 1 fully saturated rings. The Morgan fingerprint density at radius 1 is 1.41 bits per heavy atom. The van der Waals surface area contributed by atoms with Gasteiger partial charge in [0.25, 0.3) is 0 Å². The van der Waals surface area contributed by atoms with E-state index < -0.39 is 0 Å². The first-order valence-corrected chi connectivity index (χ1v) is 6.22. The molecule has 5 heteroatoms. The predicted octanol–water partition coefficient (Wildman–Crippen LogP) is -1.09. The predicted molar refractivity (Wildman–Crippen MR) is 68.2 cm³/mol. The normalized spacial score (nSPS) is 17.0. The Bertz CT molecular complexity index is 408. The van der Waals surface area contributed by atoms with Crippen LogP contribution in [0.1, 0.15) is 10.4 Å². The van der Waals surface area contributed by atoms with Gasteiger partial charge in [-0.1, -0.05) is 42.1 Å². The van der Waals surface area contributed by atoms with Gasteiger partial charge >= 0.3 is 0 Å². The number of ketones is 1. The molecule has 0 bridgehead atoms. The van der Waals surface area contributed by atoms with Crippen molar-refractivity contribution in [3.05, 3.63) is 35.9 Å². The maximum absolute atomic E-state index is 12.0. The number of halogens is 1. The quantitative estimate of drug-likeness (QED) is 0.507. The second-order valence-electron chi connectivity index (χ2n) is 3.57. The second kappa shape index (κ2) is 7.00. The standard InChI is InChI=1S/C12H14N2OS.HI/c1-13-12-14(7-8-16-12)9-11(15)10-5-3-2-4-6-10;/h2-6H,7-9H2,1H3;1H/p-1. The van der Waals surface area contributed by atoms with Crippen molar-refractivity contribution in [1.82, 2.24) is 4.90 Å². The van der Waals surface area contributed by atoms with Crippen LogP contribution in [0.4, 0.5) is 0 Å². The third-order valence-corrected chi connectivity index (χ3v) is 3.57. The average Bonchev–Trinajstić information content (AvgIpc) is 2.77. The van der Waals surface area contributed by atoms with Crippen LogP contribution in [0.2, 0.25) is 0 Å². The SMILES string of the molecule is CN=C1SCCN1CC(=O)c1ccccc1.[I-]. The molecule has 92 valence electrons. The van der Waals surface area contributed by atoms with Crippen molar-refractivity contribution in [1.29, 1.82) is 0 Å². The van der Waals surface area contributed by atoms with Crippen molar-refractivity contribution in [2.75, 3.05) is 25.9 Å². The van der Waals surface area contributed by atoms with E-state index in [-0.39, 0.29) is 29.8 Å². The van der Waals surface area contributed by atoms with Gasteiger partial charge in [-0.25, -0.2) is 0 Å². The topological polar surface area (TPSA) is 32.7 Å². The summed E-state index contributed by atoms with van der Waals surface area (Å²) in [7, 11) is 1.77. The number of amidine groups is 1. The summed E-state index contributed by atoms with van der Waals surface area (Å²) < 4.78 is 0. The summed E-state index contributed by atoms with van der Waals surface area (Å²) in [6.07, 6.45) is 0. The Kier molecular flexibility index (Phi) is 5.97. The van der Waals surface area contributed by atoms with Crippen LogP contribution in [-0.2, 0) is 0 Å². The van der Waals surface area contributed by atoms with E-state index in [0.29, 0.717) is 6.54 Å². The number of nitrogens with zero attached hydrogens (tertiary/aromatic N) is 2. The largest absolute Gasteiger partial charge is 1.00 e. The zero-order chi connectivity index (χ0) is 11.4. The minimum absolute atomic E-state index is 0. The van der Waals surface area contributed by atoms with E-state index >= 15 is 0 Å². The van der Waals surface area contributed by atoms with Crippen LogP contribution in [0.3, 0.4) is 0 Å². The molecule has 1 aliphatic heterocycles. The molecule has 0 saturated carbocycles. The third kappa shape index (κ3) is 3.70. The molecule has 0 aromatic heterocycles. The van der Waals surface area contributed by atoms with Crippen LogP contribution in [0, 0.1) is 0 Å². The van der Waals surface area contributed by atoms with Crippen molar-refractivity contribution in [2.45, 2.75) is 0 Å². The fourth-order valence-corrected chi connectivity index (χ4v) is 2.64. The van der Waals surface area contributed by atoms with E-state index in [2.05, 4.69) is 4.99 Å². The van der Waals surface area contributed by atoms with Crippen molar-refractivity contribution < 1.29 is 28.8 Å². The van der Waals surface area contributed by atoms with Gasteiger partial charge < -0.3 is 28.9 Å². The lowest BCUT2D eigenvalue weighted by Gasteiger charge is -2.16. The summed E-state index contributed by atoms with van der Waals surface area (Å²) in [5.74, 6) is 1.18. The Hall–Kier alpha value is -0.560. The Morgan fingerprint density at radius 3 is 2.76 bits per heavy atom. The average molecular weight is 361 g/mol. The Morgan fingerprint density at radius 2 is 2.12 bits per heavy atom. The fraction of sp³-hybridized carbons (Fsp3) is 0.333. The van der Waals surface area contributed by atoms with Gasteiger partial charge in [-0.2, -0.15) is 0 Å². The minimum Gasteiger partial charge on any atom is -1.00 e.